The van der Waals surface area contributed by atoms with Crippen LogP contribution in [0.25, 0.3) is 0 Å². The molecule has 9 nitrogen and oxygen atoms in total. The Labute approximate surface area is 221 Å². The van der Waals surface area contributed by atoms with Crippen LogP contribution in [0.2, 0.25) is 0 Å². The van der Waals surface area contributed by atoms with Gasteiger partial charge in [-0.1, -0.05) is 54.6 Å². The standard InChI is InChI=1S/C28H29N3O6S/c32-27(29-17-21-11-8-16-36-21)22-12-4-5-13-23(22)30-28(33)26-18-31(24-14-6-7-15-25(24)37-26)38(34,35)19-20-9-2-1-3-10-20/h1-7,9-10,12-15,21,26H,8,11,16-19H2,(H,29,32)(H,30,33)/t21-,26-/m1/s1. The maximum atomic E-state index is 13.4. The number of sulfonamides is 1. The van der Waals surface area contributed by atoms with Gasteiger partial charge in [-0.2, -0.15) is 0 Å². The number of carbonyl (C=O) groups is 2. The molecule has 2 heterocycles. The number of rotatable bonds is 8. The molecule has 0 spiro atoms. The fourth-order valence-corrected chi connectivity index (χ4v) is 6.16. The third kappa shape index (κ3) is 5.81. The number of fused-ring (bicyclic) bond motifs is 1. The lowest BCUT2D eigenvalue weighted by atomic mass is 10.1. The van der Waals surface area contributed by atoms with Crippen LogP contribution in [0.1, 0.15) is 28.8 Å². The summed E-state index contributed by atoms with van der Waals surface area (Å²) in [6, 6.07) is 22.3. The minimum atomic E-state index is -3.83. The zero-order chi connectivity index (χ0) is 26.5. The highest BCUT2D eigenvalue weighted by molar-refractivity contribution is 7.92. The molecule has 2 aliphatic rings. The molecule has 2 amide bonds. The molecule has 10 heteroatoms. The molecule has 2 aliphatic heterocycles. The molecular weight excluding hydrogens is 506 g/mol. The zero-order valence-electron chi connectivity index (χ0n) is 20.7. The van der Waals surface area contributed by atoms with E-state index in [0.29, 0.717) is 35.7 Å². The number of hydrogen-bond acceptors (Lipinski definition) is 6. The van der Waals surface area contributed by atoms with Crippen LogP contribution in [0.4, 0.5) is 11.4 Å². The summed E-state index contributed by atoms with van der Waals surface area (Å²) in [4.78, 5) is 26.2. The highest BCUT2D eigenvalue weighted by Gasteiger charge is 2.37. The van der Waals surface area contributed by atoms with Gasteiger partial charge in [0.05, 0.1) is 35.3 Å². The second kappa shape index (κ2) is 11.2. The van der Waals surface area contributed by atoms with Gasteiger partial charge >= 0.3 is 0 Å². The zero-order valence-corrected chi connectivity index (χ0v) is 21.5. The molecule has 198 valence electrons. The van der Waals surface area contributed by atoms with Crippen LogP contribution in [0.3, 0.4) is 0 Å². The Balaban J connectivity index is 1.33. The molecule has 0 aromatic heterocycles. The third-order valence-corrected chi connectivity index (χ3v) is 8.21. The van der Waals surface area contributed by atoms with Crippen molar-refractivity contribution >= 4 is 33.2 Å². The Bertz CT molecular complexity index is 1410. The Morgan fingerprint density at radius 1 is 0.947 bits per heavy atom. The van der Waals surface area contributed by atoms with Gasteiger partial charge in [0.25, 0.3) is 11.8 Å². The second-order valence-corrected chi connectivity index (χ2v) is 11.1. The second-order valence-electron chi connectivity index (χ2n) is 9.23. The Kier molecular flexibility index (Phi) is 7.62. The lowest BCUT2D eigenvalue weighted by Crippen LogP contribution is -2.49. The van der Waals surface area contributed by atoms with Crippen molar-refractivity contribution in [2.45, 2.75) is 30.8 Å². The lowest BCUT2D eigenvalue weighted by molar-refractivity contribution is -0.122. The van der Waals surface area contributed by atoms with E-state index in [4.69, 9.17) is 9.47 Å². The van der Waals surface area contributed by atoms with E-state index < -0.39 is 22.0 Å². The van der Waals surface area contributed by atoms with Gasteiger partial charge in [0, 0.05) is 13.2 Å². The van der Waals surface area contributed by atoms with Gasteiger partial charge in [0.2, 0.25) is 10.0 Å². The third-order valence-electron chi connectivity index (χ3n) is 6.50. The van der Waals surface area contributed by atoms with Crippen LogP contribution in [-0.2, 0) is 25.3 Å². The summed E-state index contributed by atoms with van der Waals surface area (Å²) < 4.78 is 39.6. The minimum Gasteiger partial charge on any atom is -0.476 e. The maximum Gasteiger partial charge on any atom is 0.267 e. The number of nitrogens with zero attached hydrogens (tertiary/aromatic N) is 1. The molecule has 0 aliphatic carbocycles. The summed E-state index contributed by atoms with van der Waals surface area (Å²) >= 11 is 0. The highest BCUT2D eigenvalue weighted by atomic mass is 32.2. The van der Waals surface area contributed by atoms with Crippen molar-refractivity contribution in [1.29, 1.82) is 0 Å². The summed E-state index contributed by atoms with van der Waals surface area (Å²) in [7, 11) is -3.83. The fourth-order valence-electron chi connectivity index (χ4n) is 4.58. The Morgan fingerprint density at radius 3 is 2.47 bits per heavy atom. The average molecular weight is 536 g/mol. The van der Waals surface area contributed by atoms with E-state index in [0.717, 1.165) is 12.8 Å². The first-order valence-corrected chi connectivity index (χ1v) is 14.1. The molecule has 0 bridgehead atoms. The van der Waals surface area contributed by atoms with Crippen LogP contribution in [0.5, 0.6) is 5.75 Å². The smallest absolute Gasteiger partial charge is 0.267 e. The summed E-state index contributed by atoms with van der Waals surface area (Å²) in [5.74, 6) is -0.820. The quantitative estimate of drug-likeness (QED) is 0.458. The number of carbonyl (C=O) groups excluding carboxylic acids is 2. The summed E-state index contributed by atoms with van der Waals surface area (Å²) in [6.45, 7) is 0.874. The van der Waals surface area contributed by atoms with Crippen molar-refractivity contribution in [2.75, 3.05) is 29.3 Å². The topological polar surface area (TPSA) is 114 Å². The molecule has 3 aromatic rings. The molecule has 3 aromatic carbocycles. The molecule has 1 saturated heterocycles. The van der Waals surface area contributed by atoms with E-state index in [1.807, 2.05) is 6.07 Å². The van der Waals surface area contributed by atoms with Crippen molar-refractivity contribution in [1.82, 2.24) is 5.32 Å². The van der Waals surface area contributed by atoms with Crippen LogP contribution in [0.15, 0.2) is 78.9 Å². The number of benzene rings is 3. The van der Waals surface area contributed by atoms with Gasteiger partial charge in [-0.3, -0.25) is 13.9 Å². The normalized spacial score (nSPS) is 18.8. The summed E-state index contributed by atoms with van der Waals surface area (Å²) in [5, 5.41) is 5.63. The first-order valence-electron chi connectivity index (χ1n) is 12.5. The minimum absolute atomic E-state index is 0.0137. The molecule has 2 atom stereocenters. The van der Waals surface area contributed by atoms with Crippen molar-refractivity contribution in [2.24, 2.45) is 0 Å². The molecule has 0 saturated carbocycles. The number of ether oxygens (including phenoxy) is 2. The average Bonchev–Trinajstić information content (AvgIpc) is 3.45. The van der Waals surface area contributed by atoms with Crippen molar-refractivity contribution in [3.05, 3.63) is 90.0 Å². The summed E-state index contributed by atoms with van der Waals surface area (Å²) in [6.07, 6.45) is 0.720. The lowest BCUT2D eigenvalue weighted by Gasteiger charge is -2.34. The number of para-hydroxylation sites is 3. The number of anilines is 2. The summed E-state index contributed by atoms with van der Waals surface area (Å²) in [5.41, 5.74) is 1.62. The van der Waals surface area contributed by atoms with Crippen LogP contribution >= 0.6 is 0 Å². The largest absolute Gasteiger partial charge is 0.476 e. The van der Waals surface area contributed by atoms with Gasteiger partial charge in [-0.25, -0.2) is 8.42 Å². The number of amides is 2. The van der Waals surface area contributed by atoms with E-state index in [2.05, 4.69) is 10.6 Å². The predicted octanol–water partition coefficient (Wildman–Crippen LogP) is 3.33. The SMILES string of the molecule is O=C(NC[C@H]1CCCO1)c1ccccc1NC(=O)[C@H]1CN(S(=O)(=O)Cc2ccccc2)c2ccccc2O1. The van der Waals surface area contributed by atoms with Crippen molar-refractivity contribution in [3.63, 3.8) is 0 Å². The van der Waals surface area contributed by atoms with Gasteiger partial charge in [-0.05, 0) is 42.7 Å². The van der Waals surface area contributed by atoms with Gasteiger partial charge in [0.15, 0.2) is 6.10 Å². The Hall–Kier alpha value is -3.89. The van der Waals surface area contributed by atoms with Crippen LogP contribution in [-0.4, -0.2) is 52.1 Å². The van der Waals surface area contributed by atoms with Crippen LogP contribution in [0, 0.1) is 0 Å². The molecule has 38 heavy (non-hydrogen) atoms. The van der Waals surface area contributed by atoms with Crippen molar-refractivity contribution in [3.8, 4) is 5.75 Å². The van der Waals surface area contributed by atoms with E-state index in [1.54, 1.807) is 72.8 Å². The fraction of sp³-hybridized carbons (Fsp3) is 0.286. The molecular formula is C28H29N3O6S. The molecule has 1 fully saturated rings. The first kappa shape index (κ1) is 25.7. The highest BCUT2D eigenvalue weighted by Crippen LogP contribution is 2.36. The Morgan fingerprint density at radius 2 is 1.68 bits per heavy atom. The van der Waals surface area contributed by atoms with E-state index in [1.165, 1.54) is 4.31 Å². The molecule has 2 N–H and O–H groups in total. The van der Waals surface area contributed by atoms with E-state index in [-0.39, 0.29) is 30.1 Å². The predicted molar refractivity (Wildman–Crippen MR) is 144 cm³/mol. The van der Waals surface area contributed by atoms with E-state index >= 15 is 0 Å². The number of nitrogens with one attached hydrogen (secondary N) is 2. The molecule has 0 radical (unpaired) electrons. The van der Waals surface area contributed by atoms with Gasteiger partial charge < -0.3 is 20.1 Å². The molecule has 5 rings (SSSR count). The number of hydrogen-bond donors (Lipinski definition) is 2. The van der Waals surface area contributed by atoms with Crippen LogP contribution < -0.4 is 19.7 Å². The van der Waals surface area contributed by atoms with E-state index in [9.17, 15) is 18.0 Å². The van der Waals surface area contributed by atoms with Gasteiger partial charge in [0.1, 0.15) is 5.75 Å². The molecule has 0 unspecified atom stereocenters. The maximum absolute atomic E-state index is 13.4. The monoisotopic (exact) mass is 535 g/mol. The van der Waals surface area contributed by atoms with Gasteiger partial charge in [-0.15, -0.1) is 0 Å². The van der Waals surface area contributed by atoms with Crippen molar-refractivity contribution < 1.29 is 27.5 Å². The first-order chi connectivity index (χ1) is 18.4.